The first-order valence-corrected chi connectivity index (χ1v) is 14.9. The highest BCUT2D eigenvalue weighted by molar-refractivity contribution is 5.94. The molecule has 3 N–H and O–H groups in total. The summed E-state index contributed by atoms with van der Waals surface area (Å²) in [7, 11) is 1.66. The summed E-state index contributed by atoms with van der Waals surface area (Å²) in [5.74, 6) is -3.09. The van der Waals surface area contributed by atoms with Crippen LogP contribution in [-0.2, 0) is 13.5 Å². The van der Waals surface area contributed by atoms with Crippen LogP contribution in [0.5, 0.6) is 17.2 Å². The first-order valence-electron chi connectivity index (χ1n) is 14.9. The van der Waals surface area contributed by atoms with Crippen molar-refractivity contribution >= 4 is 27.7 Å². The summed E-state index contributed by atoms with van der Waals surface area (Å²) in [5.41, 5.74) is 2.69. The maximum Gasteiger partial charge on any atom is 0.258 e. The standard InChI is InChI=1S/C36H29F2N3O5/c1-41-27-14-5-3-9-22(27)33(42)30(36(41)44)29(23-10-7-15-28-34(23)46-19-18-45-28)32-21(20-8-2-4-13-26(20)40-32)16-17-39-35(43)24-11-6-12-25(37)31(24)38/h2-15,29,40,42H,16-19H2,1H3,(H,39,43). The monoisotopic (exact) mass is 621 g/mol. The third-order valence-electron chi connectivity index (χ3n) is 8.50. The van der Waals surface area contributed by atoms with Crippen molar-refractivity contribution < 1.29 is 28.2 Å². The largest absolute Gasteiger partial charge is 0.507 e. The molecule has 232 valence electrons. The zero-order valence-corrected chi connectivity index (χ0v) is 24.8. The number of benzene rings is 4. The molecule has 0 saturated heterocycles. The number of rotatable bonds is 7. The van der Waals surface area contributed by atoms with Crippen molar-refractivity contribution in [1.29, 1.82) is 0 Å². The molecule has 2 aromatic heterocycles. The quantitative estimate of drug-likeness (QED) is 0.205. The van der Waals surface area contributed by atoms with Crippen molar-refractivity contribution in [3.05, 3.63) is 135 Å². The summed E-state index contributed by atoms with van der Waals surface area (Å²) >= 11 is 0. The molecule has 0 fully saturated rings. The third kappa shape index (κ3) is 4.82. The SMILES string of the molecule is Cn1c(=O)c(C(c2cccc3c2OCCO3)c2[nH]c3ccccc3c2CCNC(=O)c2cccc(F)c2F)c(O)c2ccccc21. The fraction of sp³-hybridized carbons (Fsp3) is 0.167. The van der Waals surface area contributed by atoms with E-state index in [0.717, 1.165) is 22.5 Å². The van der Waals surface area contributed by atoms with Gasteiger partial charge in [-0.25, -0.2) is 8.78 Å². The number of carbonyl (C=O) groups is 1. The molecular formula is C36H29F2N3O5. The topological polar surface area (TPSA) is 106 Å². The van der Waals surface area contributed by atoms with Crippen LogP contribution >= 0.6 is 0 Å². The van der Waals surface area contributed by atoms with E-state index < -0.39 is 34.6 Å². The van der Waals surface area contributed by atoms with E-state index in [4.69, 9.17) is 9.47 Å². The average molecular weight is 622 g/mol. The van der Waals surface area contributed by atoms with Crippen LogP contribution in [0.2, 0.25) is 0 Å². The predicted molar refractivity (Wildman–Crippen MR) is 170 cm³/mol. The molecule has 1 aliphatic rings. The van der Waals surface area contributed by atoms with E-state index in [9.17, 15) is 23.5 Å². The minimum atomic E-state index is -1.22. The van der Waals surface area contributed by atoms with Gasteiger partial charge in [-0.05, 0) is 48.4 Å². The fourth-order valence-electron chi connectivity index (χ4n) is 6.35. The molecule has 0 aliphatic carbocycles. The number of ether oxygens (including phenoxy) is 2. The van der Waals surface area contributed by atoms with Gasteiger partial charge in [0.05, 0.1) is 22.6 Å². The van der Waals surface area contributed by atoms with Crippen LogP contribution < -0.4 is 20.3 Å². The van der Waals surface area contributed by atoms with Crippen LogP contribution in [0.3, 0.4) is 0 Å². The van der Waals surface area contributed by atoms with Crippen molar-refractivity contribution in [2.24, 2.45) is 7.05 Å². The van der Waals surface area contributed by atoms with Gasteiger partial charge in [-0.15, -0.1) is 0 Å². The van der Waals surface area contributed by atoms with Gasteiger partial charge in [0.1, 0.15) is 19.0 Å². The number of para-hydroxylation sites is 3. The Balaban J connectivity index is 1.41. The molecule has 0 radical (unpaired) electrons. The van der Waals surface area contributed by atoms with Gasteiger partial charge < -0.3 is 29.4 Å². The zero-order chi connectivity index (χ0) is 31.9. The minimum Gasteiger partial charge on any atom is -0.507 e. The lowest BCUT2D eigenvalue weighted by Gasteiger charge is -2.27. The number of H-pyrrole nitrogens is 1. The van der Waals surface area contributed by atoms with Gasteiger partial charge in [0.15, 0.2) is 23.1 Å². The lowest BCUT2D eigenvalue weighted by atomic mass is 9.84. The molecule has 1 unspecified atom stereocenters. The molecule has 8 nitrogen and oxygen atoms in total. The van der Waals surface area contributed by atoms with Gasteiger partial charge in [-0.1, -0.05) is 48.5 Å². The van der Waals surface area contributed by atoms with Crippen LogP contribution in [0.1, 0.15) is 38.7 Å². The minimum absolute atomic E-state index is 0.0740. The predicted octanol–water partition coefficient (Wildman–Crippen LogP) is 5.93. The number of hydrogen-bond donors (Lipinski definition) is 3. The van der Waals surface area contributed by atoms with E-state index in [1.165, 1.54) is 16.7 Å². The lowest BCUT2D eigenvalue weighted by molar-refractivity contribution is 0.0949. The number of nitrogens with zero attached hydrogens (tertiary/aromatic N) is 1. The molecule has 0 saturated carbocycles. The Morgan fingerprint density at radius 1 is 0.957 bits per heavy atom. The normalized spacial score (nSPS) is 13.2. The highest BCUT2D eigenvalue weighted by atomic mass is 19.2. The zero-order valence-electron chi connectivity index (χ0n) is 24.8. The van der Waals surface area contributed by atoms with E-state index >= 15 is 0 Å². The number of aromatic hydroxyl groups is 1. The van der Waals surface area contributed by atoms with E-state index in [1.807, 2.05) is 36.4 Å². The van der Waals surface area contributed by atoms with Gasteiger partial charge in [-0.3, -0.25) is 9.59 Å². The van der Waals surface area contributed by atoms with E-state index in [2.05, 4.69) is 10.3 Å². The molecule has 1 atom stereocenters. The Labute approximate surface area is 261 Å². The number of nitrogens with one attached hydrogen (secondary N) is 2. The molecule has 1 amide bonds. The van der Waals surface area contributed by atoms with Crippen molar-refractivity contribution in [3.63, 3.8) is 0 Å². The highest BCUT2D eigenvalue weighted by Crippen LogP contribution is 2.46. The van der Waals surface area contributed by atoms with Gasteiger partial charge in [0.25, 0.3) is 11.5 Å². The summed E-state index contributed by atoms with van der Waals surface area (Å²) in [5, 5.41) is 15.9. The smallest absolute Gasteiger partial charge is 0.258 e. The highest BCUT2D eigenvalue weighted by Gasteiger charge is 2.34. The van der Waals surface area contributed by atoms with Crippen LogP contribution in [-0.4, -0.2) is 40.3 Å². The van der Waals surface area contributed by atoms with E-state index in [-0.39, 0.29) is 24.3 Å². The maximum absolute atomic E-state index is 14.3. The Kier molecular flexibility index (Phi) is 7.40. The van der Waals surface area contributed by atoms with Crippen molar-refractivity contribution in [3.8, 4) is 17.2 Å². The second kappa shape index (κ2) is 11.7. The summed E-state index contributed by atoms with van der Waals surface area (Å²) in [6, 6.07) is 23.6. The Morgan fingerprint density at radius 2 is 1.70 bits per heavy atom. The van der Waals surface area contributed by atoms with Crippen LogP contribution in [0.15, 0.2) is 89.7 Å². The molecule has 4 aromatic carbocycles. The number of aromatic amines is 1. The van der Waals surface area contributed by atoms with Gasteiger partial charge >= 0.3 is 0 Å². The molecule has 6 aromatic rings. The Morgan fingerprint density at radius 3 is 2.54 bits per heavy atom. The van der Waals surface area contributed by atoms with E-state index in [1.54, 1.807) is 37.4 Å². The Hall–Kier alpha value is -5.64. The Bertz CT molecular complexity index is 2210. The molecule has 7 rings (SSSR count). The second-order valence-electron chi connectivity index (χ2n) is 11.1. The molecule has 0 bridgehead atoms. The van der Waals surface area contributed by atoms with Gasteiger partial charge in [0.2, 0.25) is 0 Å². The molecular weight excluding hydrogens is 592 g/mol. The fourth-order valence-corrected chi connectivity index (χ4v) is 6.35. The second-order valence-corrected chi connectivity index (χ2v) is 11.1. The summed E-state index contributed by atoms with van der Waals surface area (Å²) < 4.78 is 41.7. The van der Waals surface area contributed by atoms with Crippen molar-refractivity contribution in [2.75, 3.05) is 19.8 Å². The number of amides is 1. The van der Waals surface area contributed by atoms with Crippen LogP contribution in [0, 0.1) is 11.6 Å². The van der Waals surface area contributed by atoms with E-state index in [0.29, 0.717) is 46.9 Å². The van der Waals surface area contributed by atoms with Gasteiger partial charge in [0, 0.05) is 41.1 Å². The van der Waals surface area contributed by atoms with Gasteiger partial charge in [-0.2, -0.15) is 0 Å². The molecule has 1 aliphatic heterocycles. The van der Waals surface area contributed by atoms with Crippen molar-refractivity contribution in [1.82, 2.24) is 14.9 Å². The number of carbonyl (C=O) groups excluding carboxylic acids is 1. The van der Waals surface area contributed by atoms with Crippen LogP contribution in [0.4, 0.5) is 8.78 Å². The first kappa shape index (κ1) is 29.1. The average Bonchev–Trinajstić information content (AvgIpc) is 3.44. The first-order chi connectivity index (χ1) is 22.3. The number of hydrogen-bond acceptors (Lipinski definition) is 5. The molecule has 3 heterocycles. The summed E-state index contributed by atoms with van der Waals surface area (Å²) in [4.78, 5) is 30.5. The third-order valence-corrected chi connectivity index (χ3v) is 8.50. The van der Waals surface area contributed by atoms with Crippen molar-refractivity contribution in [2.45, 2.75) is 12.3 Å². The summed E-state index contributed by atoms with van der Waals surface area (Å²) in [6.45, 7) is 0.749. The number of aromatic nitrogens is 2. The number of halogens is 2. The number of pyridine rings is 1. The summed E-state index contributed by atoms with van der Waals surface area (Å²) in [6.07, 6.45) is 0.263. The molecule has 0 spiro atoms. The maximum atomic E-state index is 14.3. The van der Waals surface area contributed by atoms with Crippen LogP contribution in [0.25, 0.3) is 21.8 Å². The molecule has 10 heteroatoms. The number of aryl methyl sites for hydroxylation is 1. The molecule has 46 heavy (non-hydrogen) atoms. The lowest BCUT2D eigenvalue weighted by Crippen LogP contribution is -2.28. The number of fused-ring (bicyclic) bond motifs is 3.